The fraction of sp³-hybridized carbons (Fsp3) is 0.455. The van der Waals surface area contributed by atoms with Crippen LogP contribution >= 0.6 is 15.9 Å². The third-order valence-electron chi connectivity index (χ3n) is 2.80. The molecular weight excluding hydrogens is 259 g/mol. The lowest BCUT2D eigenvalue weighted by Crippen LogP contribution is -2.55. The smallest absolute Gasteiger partial charge is 0.137 e. The van der Waals surface area contributed by atoms with Gasteiger partial charge in [0.2, 0.25) is 0 Å². The van der Waals surface area contributed by atoms with Crippen molar-refractivity contribution in [3.05, 3.63) is 34.1 Å². The van der Waals surface area contributed by atoms with E-state index in [0.717, 1.165) is 25.2 Å². The molecule has 1 fully saturated rings. The third kappa shape index (κ3) is 2.56. The summed E-state index contributed by atoms with van der Waals surface area (Å²) >= 11 is 3.15. The molecule has 0 amide bonds. The average molecular weight is 273 g/mol. The first-order valence-corrected chi connectivity index (χ1v) is 5.81. The molecule has 1 saturated heterocycles. The summed E-state index contributed by atoms with van der Waals surface area (Å²) in [5, 5.41) is 3.23. The molecule has 0 aromatic heterocycles. The van der Waals surface area contributed by atoms with E-state index in [1.54, 1.807) is 12.1 Å². The maximum Gasteiger partial charge on any atom is 0.137 e. The van der Waals surface area contributed by atoms with Gasteiger partial charge in [0.15, 0.2) is 0 Å². The molecule has 2 rings (SSSR count). The summed E-state index contributed by atoms with van der Waals surface area (Å²) in [6.45, 7) is 2.88. The van der Waals surface area contributed by atoms with Crippen LogP contribution in [0.15, 0.2) is 22.7 Å². The van der Waals surface area contributed by atoms with Gasteiger partial charge in [0.25, 0.3) is 0 Å². The minimum Gasteiger partial charge on any atom is -0.314 e. The SMILES string of the molecule is CN(Cc1ccc(Br)c(F)c1)C1CNC1. The van der Waals surface area contributed by atoms with E-state index in [9.17, 15) is 4.39 Å². The molecule has 1 aliphatic rings. The molecule has 1 heterocycles. The van der Waals surface area contributed by atoms with E-state index < -0.39 is 0 Å². The Morgan fingerprint density at radius 3 is 2.80 bits per heavy atom. The second-order valence-electron chi connectivity index (χ2n) is 3.98. The average Bonchev–Trinajstić information content (AvgIpc) is 2.08. The molecule has 0 radical (unpaired) electrons. The van der Waals surface area contributed by atoms with E-state index in [4.69, 9.17) is 0 Å². The van der Waals surface area contributed by atoms with Gasteiger partial charge in [0, 0.05) is 25.7 Å². The molecule has 82 valence electrons. The van der Waals surface area contributed by atoms with Crippen molar-refractivity contribution in [3.63, 3.8) is 0 Å². The van der Waals surface area contributed by atoms with Crippen molar-refractivity contribution < 1.29 is 4.39 Å². The largest absolute Gasteiger partial charge is 0.314 e. The van der Waals surface area contributed by atoms with Gasteiger partial charge < -0.3 is 5.32 Å². The molecule has 1 aliphatic heterocycles. The number of likely N-dealkylation sites (N-methyl/N-ethyl adjacent to an activating group) is 1. The summed E-state index contributed by atoms with van der Waals surface area (Å²) in [7, 11) is 2.07. The Morgan fingerprint density at radius 2 is 2.27 bits per heavy atom. The van der Waals surface area contributed by atoms with E-state index in [2.05, 4.69) is 33.2 Å². The summed E-state index contributed by atoms with van der Waals surface area (Å²) in [4.78, 5) is 2.25. The maximum absolute atomic E-state index is 13.2. The maximum atomic E-state index is 13.2. The number of rotatable bonds is 3. The summed E-state index contributed by atoms with van der Waals surface area (Å²) in [6.07, 6.45) is 0. The number of hydrogen-bond acceptors (Lipinski definition) is 2. The van der Waals surface area contributed by atoms with Crippen molar-refractivity contribution in [2.75, 3.05) is 20.1 Å². The molecule has 1 aromatic rings. The Morgan fingerprint density at radius 1 is 1.53 bits per heavy atom. The van der Waals surface area contributed by atoms with Crippen molar-refractivity contribution in [2.24, 2.45) is 0 Å². The van der Waals surface area contributed by atoms with Crippen molar-refractivity contribution in [3.8, 4) is 0 Å². The van der Waals surface area contributed by atoms with Gasteiger partial charge in [-0.15, -0.1) is 0 Å². The van der Waals surface area contributed by atoms with Gasteiger partial charge in [-0.3, -0.25) is 4.90 Å². The van der Waals surface area contributed by atoms with Crippen LogP contribution in [0.25, 0.3) is 0 Å². The summed E-state index contributed by atoms with van der Waals surface area (Å²) in [5.41, 5.74) is 1.02. The van der Waals surface area contributed by atoms with Gasteiger partial charge in [-0.1, -0.05) is 6.07 Å². The lowest BCUT2D eigenvalue weighted by atomic mass is 10.1. The van der Waals surface area contributed by atoms with Crippen molar-refractivity contribution in [1.82, 2.24) is 10.2 Å². The number of halogens is 2. The van der Waals surface area contributed by atoms with Gasteiger partial charge in [0.05, 0.1) is 4.47 Å². The van der Waals surface area contributed by atoms with E-state index in [1.165, 1.54) is 0 Å². The van der Waals surface area contributed by atoms with Gasteiger partial charge in [-0.05, 0) is 40.7 Å². The highest BCUT2D eigenvalue weighted by atomic mass is 79.9. The minimum atomic E-state index is -0.187. The van der Waals surface area contributed by atoms with Crippen LogP contribution in [0.2, 0.25) is 0 Å². The van der Waals surface area contributed by atoms with Crippen LogP contribution in [0.4, 0.5) is 4.39 Å². The normalized spacial score (nSPS) is 16.8. The Balaban J connectivity index is 2.00. The zero-order chi connectivity index (χ0) is 10.8. The van der Waals surface area contributed by atoms with Gasteiger partial charge >= 0.3 is 0 Å². The first-order valence-electron chi connectivity index (χ1n) is 5.01. The fourth-order valence-corrected chi connectivity index (χ4v) is 1.89. The second-order valence-corrected chi connectivity index (χ2v) is 4.83. The van der Waals surface area contributed by atoms with Gasteiger partial charge in [-0.25, -0.2) is 4.39 Å². The summed E-state index contributed by atoms with van der Waals surface area (Å²) in [5.74, 6) is -0.187. The van der Waals surface area contributed by atoms with Crippen LogP contribution in [0.1, 0.15) is 5.56 Å². The standard InChI is InChI=1S/C11H14BrFN2/c1-15(9-5-14-6-9)7-8-2-3-10(12)11(13)4-8/h2-4,9,14H,5-7H2,1H3. The highest BCUT2D eigenvalue weighted by Gasteiger charge is 2.21. The van der Waals surface area contributed by atoms with Crippen LogP contribution in [0.3, 0.4) is 0 Å². The molecule has 0 aliphatic carbocycles. The van der Waals surface area contributed by atoms with E-state index in [-0.39, 0.29) is 5.82 Å². The predicted molar refractivity (Wildman–Crippen MR) is 62.2 cm³/mol. The van der Waals surface area contributed by atoms with Crippen molar-refractivity contribution in [1.29, 1.82) is 0 Å². The number of hydrogen-bond donors (Lipinski definition) is 1. The van der Waals surface area contributed by atoms with E-state index in [0.29, 0.717) is 10.5 Å². The topological polar surface area (TPSA) is 15.3 Å². The highest BCUT2D eigenvalue weighted by Crippen LogP contribution is 2.18. The molecule has 1 aromatic carbocycles. The predicted octanol–water partition coefficient (Wildman–Crippen LogP) is 1.99. The second kappa shape index (κ2) is 4.60. The molecule has 4 heteroatoms. The van der Waals surface area contributed by atoms with E-state index >= 15 is 0 Å². The highest BCUT2D eigenvalue weighted by molar-refractivity contribution is 9.10. The monoisotopic (exact) mass is 272 g/mol. The van der Waals surface area contributed by atoms with Crippen LogP contribution in [0.5, 0.6) is 0 Å². The lowest BCUT2D eigenvalue weighted by molar-refractivity contribution is 0.173. The van der Waals surface area contributed by atoms with Crippen molar-refractivity contribution >= 4 is 15.9 Å². The third-order valence-corrected chi connectivity index (χ3v) is 3.44. The van der Waals surface area contributed by atoms with Crippen LogP contribution < -0.4 is 5.32 Å². The molecule has 0 atom stereocenters. The Bertz CT molecular complexity index is 352. The molecule has 0 bridgehead atoms. The Labute approximate surface area is 97.6 Å². The molecule has 2 nitrogen and oxygen atoms in total. The molecule has 0 spiro atoms. The molecule has 0 unspecified atom stereocenters. The summed E-state index contributed by atoms with van der Waals surface area (Å²) in [6, 6.07) is 5.90. The first-order chi connectivity index (χ1) is 7.16. The Kier molecular flexibility index (Phi) is 3.38. The molecule has 0 saturated carbocycles. The minimum absolute atomic E-state index is 0.187. The zero-order valence-corrected chi connectivity index (χ0v) is 10.2. The van der Waals surface area contributed by atoms with Gasteiger partial charge in [-0.2, -0.15) is 0 Å². The number of nitrogens with one attached hydrogen (secondary N) is 1. The van der Waals surface area contributed by atoms with Gasteiger partial charge in [0.1, 0.15) is 5.82 Å². The van der Waals surface area contributed by atoms with E-state index in [1.807, 2.05) is 6.07 Å². The fourth-order valence-electron chi connectivity index (χ4n) is 1.64. The number of nitrogens with zero attached hydrogens (tertiary/aromatic N) is 1. The molecular formula is C11H14BrFN2. The van der Waals surface area contributed by atoms with Crippen LogP contribution in [-0.2, 0) is 6.54 Å². The summed E-state index contributed by atoms with van der Waals surface area (Å²) < 4.78 is 13.8. The quantitative estimate of drug-likeness (QED) is 0.906. The molecule has 1 N–H and O–H groups in total. The number of benzene rings is 1. The van der Waals surface area contributed by atoms with Crippen molar-refractivity contribution in [2.45, 2.75) is 12.6 Å². The lowest BCUT2D eigenvalue weighted by Gasteiger charge is -2.35. The first kappa shape index (κ1) is 11.0. The zero-order valence-electron chi connectivity index (χ0n) is 8.63. The van der Waals surface area contributed by atoms with Crippen LogP contribution in [0, 0.1) is 5.82 Å². The van der Waals surface area contributed by atoms with Crippen LogP contribution in [-0.4, -0.2) is 31.1 Å². The molecule has 15 heavy (non-hydrogen) atoms. The Hall–Kier alpha value is -0.450.